The van der Waals surface area contributed by atoms with Crippen molar-refractivity contribution in [1.82, 2.24) is 4.90 Å². The average Bonchev–Trinajstić information content (AvgIpc) is 3.23. The first-order valence-corrected chi connectivity index (χ1v) is 24.5. The Bertz CT molecular complexity index is 1070. The molecule has 41 heavy (non-hydrogen) atoms. The number of methoxy groups -OCH3 is 1. The molecule has 0 amide bonds. The maximum atomic E-state index is 13.1. The van der Waals surface area contributed by atoms with Gasteiger partial charge in [-0.05, 0) is 0 Å². The van der Waals surface area contributed by atoms with Crippen LogP contribution < -0.4 is 3.58 Å². The number of fused-ring (bicyclic) bond motifs is 2. The van der Waals surface area contributed by atoms with Crippen LogP contribution in [0.15, 0.2) is 53.0 Å². The van der Waals surface area contributed by atoms with E-state index in [4.69, 9.17) is 9.47 Å². The number of hydrogen-bond donors (Lipinski definition) is 0. The van der Waals surface area contributed by atoms with Crippen LogP contribution >= 0.6 is 15.9 Å². The molecule has 2 heterocycles. The zero-order valence-corrected chi connectivity index (χ0v) is 30.5. The molecule has 5 atom stereocenters. The van der Waals surface area contributed by atoms with E-state index in [1.54, 1.807) is 3.58 Å². The third-order valence-electron chi connectivity index (χ3n) is 10.0. The van der Waals surface area contributed by atoms with Gasteiger partial charge in [0.2, 0.25) is 0 Å². The summed E-state index contributed by atoms with van der Waals surface area (Å²) in [6, 6.07) is 18.8. The Kier molecular flexibility index (Phi) is 12.7. The van der Waals surface area contributed by atoms with Gasteiger partial charge in [-0.25, -0.2) is 0 Å². The monoisotopic (exact) mass is 733 g/mol. The van der Waals surface area contributed by atoms with Crippen LogP contribution in [0.5, 0.6) is 0 Å². The Morgan fingerprint density at radius 1 is 0.902 bits per heavy atom. The number of nitrogens with zero attached hydrogens (tertiary/aromatic N) is 1. The summed E-state index contributed by atoms with van der Waals surface area (Å²) in [4.78, 5) is 15.5. The zero-order chi connectivity index (χ0) is 29.4. The van der Waals surface area contributed by atoms with E-state index in [1.807, 2.05) is 0 Å². The van der Waals surface area contributed by atoms with Crippen molar-refractivity contribution in [3.05, 3.63) is 64.1 Å². The Hall–Kier alpha value is -0.891. The van der Waals surface area contributed by atoms with Crippen LogP contribution in [0.1, 0.15) is 95.8 Å². The van der Waals surface area contributed by atoms with E-state index < -0.39 is 18.4 Å². The number of piperidine rings is 1. The Morgan fingerprint density at radius 3 is 1.95 bits per heavy atom. The molecule has 6 heteroatoms. The summed E-state index contributed by atoms with van der Waals surface area (Å²) in [5.74, 6) is -0.402. The fourth-order valence-corrected chi connectivity index (χ4v) is 23.7. The number of esters is 1. The summed E-state index contributed by atoms with van der Waals surface area (Å²) < 4.78 is 19.6. The Labute approximate surface area is 262 Å². The van der Waals surface area contributed by atoms with E-state index in [-0.39, 0.29) is 30.1 Å². The number of halogens is 1. The van der Waals surface area contributed by atoms with Crippen LogP contribution in [0, 0.1) is 5.92 Å². The molecule has 1 unspecified atom stereocenters. The minimum absolute atomic E-state index is 0.140. The van der Waals surface area contributed by atoms with Gasteiger partial charge < -0.3 is 0 Å². The number of hydrogen-bond acceptors (Lipinski definition) is 4. The number of carbonyl (C=O) groups is 1. The van der Waals surface area contributed by atoms with E-state index in [0.29, 0.717) is 6.04 Å². The molecule has 0 N–H and O–H groups in total. The Morgan fingerprint density at radius 2 is 1.44 bits per heavy atom. The van der Waals surface area contributed by atoms with Crippen LogP contribution in [0.4, 0.5) is 0 Å². The van der Waals surface area contributed by atoms with Gasteiger partial charge in [-0.1, -0.05) is 0 Å². The number of ether oxygens (including phenoxy) is 2. The van der Waals surface area contributed by atoms with Crippen LogP contribution in [0.3, 0.4) is 0 Å². The van der Waals surface area contributed by atoms with Gasteiger partial charge in [0.15, 0.2) is 0 Å². The van der Waals surface area contributed by atoms with Crippen molar-refractivity contribution >= 4 is 43.9 Å². The predicted octanol–water partition coefficient (Wildman–Crippen LogP) is 8.64. The molecule has 2 aliphatic heterocycles. The third kappa shape index (κ3) is 7.80. The van der Waals surface area contributed by atoms with Crippen LogP contribution in [0.2, 0.25) is 13.3 Å². The standard InChI is InChI=1S/C23H25BrNO3.3C4H9.Sn/c1-25-18-12-13-19(25)21(23(26)27-2)20(14-18)28-22(15-6-4-3-5-7-15)16-8-10-17(24)11-9-16;3*1-3-4-2;/h4-11,18-22H,12-14H2,1-2H3;3*1,3-4H2,2H3;/t18-,19+,20+,21+,22?;;;;/m1..../s1. The van der Waals surface area contributed by atoms with Gasteiger partial charge in [-0.15, -0.1) is 0 Å². The second-order valence-electron chi connectivity index (χ2n) is 12.6. The fraction of sp³-hybridized carbons (Fsp3) is 0.629. The van der Waals surface area contributed by atoms with Gasteiger partial charge in [-0.3, -0.25) is 0 Å². The minimum atomic E-state index is -2.52. The van der Waals surface area contributed by atoms with E-state index in [9.17, 15) is 4.79 Å². The molecular weight excluding hydrogens is 681 g/mol. The van der Waals surface area contributed by atoms with E-state index in [1.165, 1.54) is 64.5 Å². The van der Waals surface area contributed by atoms with Crippen molar-refractivity contribution < 1.29 is 14.3 Å². The molecule has 4 rings (SSSR count). The van der Waals surface area contributed by atoms with Crippen molar-refractivity contribution in [2.45, 2.75) is 116 Å². The molecule has 4 nitrogen and oxygen atoms in total. The molecule has 2 fully saturated rings. The van der Waals surface area contributed by atoms with Gasteiger partial charge in [-0.2, -0.15) is 0 Å². The first kappa shape index (κ1) is 33.0. The molecule has 226 valence electrons. The summed E-state index contributed by atoms with van der Waals surface area (Å²) in [5.41, 5.74) is 2.32. The molecule has 0 radical (unpaired) electrons. The van der Waals surface area contributed by atoms with Crippen molar-refractivity contribution in [3.8, 4) is 0 Å². The SMILES string of the molecule is CCC[CH2][Sn]([CH2]CCC)([CH2]CCC)[c]1ccc(C(O[C@H]2C[C@H]3CC[C@@H]([C@@H]2C(=O)OC)N3C)c2ccc(Br)cc2)cc1. The molecular formula is C35H52BrNO3Sn. The average molecular weight is 733 g/mol. The molecule has 2 saturated heterocycles. The van der Waals surface area contributed by atoms with Crippen molar-refractivity contribution in [1.29, 1.82) is 0 Å². The molecule has 2 aromatic carbocycles. The van der Waals surface area contributed by atoms with Crippen LogP contribution in [0.25, 0.3) is 0 Å². The van der Waals surface area contributed by atoms with Gasteiger partial charge in [0.05, 0.1) is 0 Å². The summed E-state index contributed by atoms with van der Waals surface area (Å²) in [5, 5.41) is 0. The first-order valence-electron chi connectivity index (χ1n) is 16.2. The topological polar surface area (TPSA) is 38.8 Å². The van der Waals surface area contributed by atoms with Crippen molar-refractivity contribution in [2.24, 2.45) is 5.92 Å². The first-order chi connectivity index (χ1) is 19.9. The molecule has 0 aromatic heterocycles. The Balaban J connectivity index is 1.69. The normalized spacial score (nSPS) is 23.5. The second-order valence-corrected chi connectivity index (χ2v) is 26.7. The second kappa shape index (κ2) is 15.7. The molecule has 0 spiro atoms. The van der Waals surface area contributed by atoms with E-state index in [2.05, 4.69) is 97.2 Å². The van der Waals surface area contributed by atoms with Gasteiger partial charge in [0, 0.05) is 0 Å². The van der Waals surface area contributed by atoms with Gasteiger partial charge in [0.1, 0.15) is 0 Å². The predicted molar refractivity (Wildman–Crippen MR) is 177 cm³/mol. The maximum absolute atomic E-state index is 13.1. The summed E-state index contributed by atoms with van der Waals surface area (Å²) in [6.07, 6.45) is 10.6. The quantitative estimate of drug-likeness (QED) is 0.136. The molecule has 0 aliphatic carbocycles. The number of rotatable bonds is 15. The van der Waals surface area contributed by atoms with E-state index >= 15 is 0 Å². The van der Waals surface area contributed by atoms with Crippen molar-refractivity contribution in [2.75, 3.05) is 14.2 Å². The number of carbonyl (C=O) groups excluding carboxylic acids is 1. The number of unbranched alkanes of at least 4 members (excludes halogenated alkanes) is 3. The van der Waals surface area contributed by atoms with Crippen LogP contribution in [-0.2, 0) is 14.3 Å². The molecule has 2 aromatic rings. The molecule has 0 saturated carbocycles. The molecule has 2 aliphatic rings. The molecule has 2 bridgehead atoms. The third-order valence-corrected chi connectivity index (χ3v) is 26.2. The summed E-state index contributed by atoms with van der Waals surface area (Å²) >= 11 is 1.09. The fourth-order valence-electron chi connectivity index (χ4n) is 7.53. The van der Waals surface area contributed by atoms with Crippen molar-refractivity contribution in [3.63, 3.8) is 0 Å². The summed E-state index contributed by atoms with van der Waals surface area (Å²) in [6.45, 7) is 7.03. The number of benzene rings is 2. The van der Waals surface area contributed by atoms with Crippen LogP contribution in [-0.4, -0.2) is 61.6 Å². The van der Waals surface area contributed by atoms with Gasteiger partial charge >= 0.3 is 263 Å². The van der Waals surface area contributed by atoms with Gasteiger partial charge in [0.25, 0.3) is 0 Å². The van der Waals surface area contributed by atoms with E-state index in [0.717, 1.165) is 29.3 Å². The summed E-state index contributed by atoms with van der Waals surface area (Å²) in [7, 11) is 3.67. The zero-order valence-electron chi connectivity index (χ0n) is 26.0.